The Bertz CT molecular complexity index is 1100. The maximum absolute atomic E-state index is 12.7. The van der Waals surface area contributed by atoms with Gasteiger partial charge in [0, 0.05) is 31.1 Å². The summed E-state index contributed by atoms with van der Waals surface area (Å²) in [6.07, 6.45) is 0.713. The van der Waals surface area contributed by atoms with E-state index in [1.54, 1.807) is 41.3 Å². The van der Waals surface area contributed by atoms with Crippen molar-refractivity contribution in [2.45, 2.75) is 34.3 Å². The highest BCUT2D eigenvalue weighted by Gasteiger charge is 2.32. The molecular weight excluding hydrogens is 448 g/mol. The summed E-state index contributed by atoms with van der Waals surface area (Å²) in [7, 11) is -7.17. The van der Waals surface area contributed by atoms with Gasteiger partial charge < -0.3 is 4.90 Å². The van der Waals surface area contributed by atoms with E-state index in [9.17, 15) is 21.6 Å². The van der Waals surface area contributed by atoms with Crippen LogP contribution in [0.15, 0.2) is 64.4 Å². The summed E-state index contributed by atoms with van der Waals surface area (Å²) in [5.74, 6) is -0.209. The molecule has 2 aromatic rings. The summed E-state index contributed by atoms with van der Waals surface area (Å²) in [4.78, 5) is 14.3. The van der Waals surface area contributed by atoms with Crippen LogP contribution < -0.4 is 4.72 Å². The third-order valence-electron chi connectivity index (χ3n) is 5.04. The predicted octanol–water partition coefficient (Wildman–Crippen LogP) is 2.47. The van der Waals surface area contributed by atoms with Gasteiger partial charge in [-0.25, -0.2) is 21.6 Å². The number of sulfonamides is 1. The summed E-state index contributed by atoms with van der Waals surface area (Å²) >= 11 is 5.82. The predicted molar refractivity (Wildman–Crippen MR) is 114 cm³/mol. The highest BCUT2D eigenvalue weighted by molar-refractivity contribution is 7.92. The van der Waals surface area contributed by atoms with Gasteiger partial charge in [0.2, 0.25) is 15.9 Å². The van der Waals surface area contributed by atoms with E-state index < -0.39 is 25.1 Å². The molecule has 3 rings (SSSR count). The monoisotopic (exact) mass is 470 g/mol. The van der Waals surface area contributed by atoms with Gasteiger partial charge in [-0.2, -0.15) is 0 Å². The summed E-state index contributed by atoms with van der Waals surface area (Å²) in [5, 5.41) is -0.215. The Labute approximate surface area is 182 Å². The van der Waals surface area contributed by atoms with Gasteiger partial charge in [-0.1, -0.05) is 35.9 Å². The number of amides is 1. The molecule has 1 heterocycles. The van der Waals surface area contributed by atoms with Crippen molar-refractivity contribution in [3.63, 3.8) is 0 Å². The topological polar surface area (TPSA) is 101 Å². The van der Waals surface area contributed by atoms with E-state index in [-0.39, 0.29) is 23.8 Å². The van der Waals surface area contributed by atoms with E-state index in [2.05, 4.69) is 4.72 Å². The molecule has 0 saturated carbocycles. The van der Waals surface area contributed by atoms with Crippen LogP contribution in [0, 0.1) is 0 Å². The zero-order chi connectivity index (χ0) is 21.8. The molecule has 0 radical (unpaired) electrons. The molecular formula is C20H23ClN2O5S2. The minimum atomic E-state index is -3.75. The molecule has 7 nitrogen and oxygen atoms in total. The van der Waals surface area contributed by atoms with E-state index in [1.165, 1.54) is 18.2 Å². The van der Waals surface area contributed by atoms with Crippen molar-refractivity contribution >= 4 is 37.4 Å². The first-order valence-electron chi connectivity index (χ1n) is 9.52. The molecule has 1 fully saturated rings. The number of benzene rings is 2. The second kappa shape index (κ2) is 9.47. The van der Waals surface area contributed by atoms with Crippen LogP contribution in [0.1, 0.15) is 19.3 Å². The lowest BCUT2D eigenvalue weighted by atomic mass is 10.1. The van der Waals surface area contributed by atoms with Gasteiger partial charge in [0.25, 0.3) is 0 Å². The molecule has 30 heavy (non-hydrogen) atoms. The van der Waals surface area contributed by atoms with Crippen LogP contribution in [0.4, 0.5) is 0 Å². The Hall–Kier alpha value is -1.94. The highest BCUT2D eigenvalue weighted by Crippen LogP contribution is 2.24. The maximum atomic E-state index is 12.7. The molecule has 0 spiro atoms. The van der Waals surface area contributed by atoms with Gasteiger partial charge >= 0.3 is 0 Å². The number of likely N-dealkylation sites (tertiary alicyclic amines) is 1. The number of nitrogens with one attached hydrogen (secondary N) is 1. The summed E-state index contributed by atoms with van der Waals surface area (Å²) in [6.45, 7) is 0.614. The Kier molecular flexibility index (Phi) is 7.18. The van der Waals surface area contributed by atoms with Gasteiger partial charge in [-0.15, -0.1) is 0 Å². The van der Waals surface area contributed by atoms with Gasteiger partial charge in [0.1, 0.15) is 0 Å². The van der Waals surface area contributed by atoms with Crippen molar-refractivity contribution in [1.29, 1.82) is 0 Å². The van der Waals surface area contributed by atoms with E-state index >= 15 is 0 Å². The average molecular weight is 471 g/mol. The van der Waals surface area contributed by atoms with Crippen molar-refractivity contribution in [1.82, 2.24) is 9.62 Å². The Morgan fingerprint density at radius 3 is 2.23 bits per heavy atom. The number of halogens is 1. The standard InChI is InChI=1S/C20H23ClN2O5S2/c21-16-5-4-8-19(15-16)30(27,28)22-12-9-20(24)23-13-10-18(11-14-23)29(25,26)17-6-2-1-3-7-17/h1-8,15,18,22H,9-14H2. The van der Waals surface area contributed by atoms with Crippen molar-refractivity contribution in [3.05, 3.63) is 59.6 Å². The lowest BCUT2D eigenvalue weighted by Gasteiger charge is -2.31. The summed E-state index contributed by atoms with van der Waals surface area (Å²) in [6, 6.07) is 14.2. The summed E-state index contributed by atoms with van der Waals surface area (Å²) in [5.41, 5.74) is 0. The molecule has 1 aliphatic heterocycles. The minimum Gasteiger partial charge on any atom is -0.343 e. The average Bonchev–Trinajstić information content (AvgIpc) is 2.74. The fourth-order valence-electron chi connectivity index (χ4n) is 3.39. The largest absolute Gasteiger partial charge is 0.343 e. The molecule has 2 aromatic carbocycles. The number of rotatable bonds is 7. The van der Waals surface area contributed by atoms with Crippen LogP contribution in [0.3, 0.4) is 0 Å². The Morgan fingerprint density at radius 2 is 1.60 bits per heavy atom. The zero-order valence-electron chi connectivity index (χ0n) is 16.2. The Balaban J connectivity index is 1.50. The lowest BCUT2D eigenvalue weighted by molar-refractivity contribution is -0.131. The van der Waals surface area contributed by atoms with Gasteiger partial charge in [-0.05, 0) is 43.2 Å². The molecule has 1 aliphatic rings. The molecule has 0 aliphatic carbocycles. The molecule has 162 valence electrons. The maximum Gasteiger partial charge on any atom is 0.240 e. The molecule has 0 unspecified atom stereocenters. The number of carbonyl (C=O) groups excluding carboxylic acids is 1. The molecule has 0 atom stereocenters. The quantitative estimate of drug-likeness (QED) is 0.669. The van der Waals surface area contributed by atoms with Crippen LogP contribution in [-0.2, 0) is 24.7 Å². The van der Waals surface area contributed by atoms with Crippen molar-refractivity contribution in [3.8, 4) is 0 Å². The lowest BCUT2D eigenvalue weighted by Crippen LogP contribution is -2.43. The van der Waals surface area contributed by atoms with Crippen molar-refractivity contribution in [2.75, 3.05) is 19.6 Å². The normalized spacial score (nSPS) is 15.8. The molecule has 1 N–H and O–H groups in total. The second-order valence-corrected chi connectivity index (χ2v) is 11.5. The first kappa shape index (κ1) is 22.7. The number of hydrogen-bond acceptors (Lipinski definition) is 5. The molecule has 0 bridgehead atoms. The summed E-state index contributed by atoms with van der Waals surface area (Å²) < 4.78 is 52.4. The van der Waals surface area contributed by atoms with E-state index in [1.807, 2.05) is 0 Å². The van der Waals surface area contributed by atoms with E-state index in [4.69, 9.17) is 11.6 Å². The van der Waals surface area contributed by atoms with Crippen LogP contribution in [0.2, 0.25) is 5.02 Å². The van der Waals surface area contributed by atoms with E-state index in [0.29, 0.717) is 35.8 Å². The minimum absolute atomic E-state index is 0.00407. The smallest absolute Gasteiger partial charge is 0.240 e. The molecule has 1 amide bonds. The zero-order valence-corrected chi connectivity index (χ0v) is 18.6. The number of piperidine rings is 1. The molecule has 1 saturated heterocycles. The second-order valence-electron chi connectivity index (χ2n) is 7.04. The van der Waals surface area contributed by atoms with Crippen LogP contribution in [0.5, 0.6) is 0 Å². The van der Waals surface area contributed by atoms with Gasteiger partial charge in [0.15, 0.2) is 9.84 Å². The molecule has 10 heteroatoms. The fraction of sp³-hybridized carbons (Fsp3) is 0.350. The molecule has 0 aromatic heterocycles. The van der Waals surface area contributed by atoms with Gasteiger partial charge in [-0.3, -0.25) is 4.79 Å². The van der Waals surface area contributed by atoms with Crippen molar-refractivity contribution < 1.29 is 21.6 Å². The van der Waals surface area contributed by atoms with Crippen LogP contribution in [0.25, 0.3) is 0 Å². The van der Waals surface area contributed by atoms with Crippen LogP contribution >= 0.6 is 11.6 Å². The third kappa shape index (κ3) is 5.40. The third-order valence-corrected chi connectivity index (χ3v) is 9.01. The number of nitrogens with zero attached hydrogens (tertiary/aromatic N) is 1. The Morgan fingerprint density at radius 1 is 0.967 bits per heavy atom. The van der Waals surface area contributed by atoms with E-state index in [0.717, 1.165) is 0 Å². The van der Waals surface area contributed by atoms with Gasteiger partial charge in [0.05, 0.1) is 15.0 Å². The first-order chi connectivity index (χ1) is 14.2. The SMILES string of the molecule is O=C(CCNS(=O)(=O)c1cccc(Cl)c1)N1CCC(S(=O)(=O)c2ccccc2)CC1. The fourth-order valence-corrected chi connectivity index (χ4v) is 6.47. The number of hydrogen-bond donors (Lipinski definition) is 1. The number of carbonyl (C=O) groups is 1. The van der Waals surface area contributed by atoms with Crippen LogP contribution in [-0.4, -0.2) is 52.5 Å². The number of sulfone groups is 1. The highest BCUT2D eigenvalue weighted by atomic mass is 35.5. The van der Waals surface area contributed by atoms with Crippen molar-refractivity contribution in [2.24, 2.45) is 0 Å². The first-order valence-corrected chi connectivity index (χ1v) is 12.9.